The summed E-state index contributed by atoms with van der Waals surface area (Å²) in [5.41, 5.74) is 3.02. The molecule has 2 rings (SSSR count). The largest absolute Gasteiger partial charge is 0.508 e. The highest BCUT2D eigenvalue weighted by Gasteiger charge is 2.00. The second kappa shape index (κ2) is 8.82. The van der Waals surface area contributed by atoms with E-state index in [9.17, 15) is 10.2 Å². The summed E-state index contributed by atoms with van der Waals surface area (Å²) in [6.45, 7) is 1.90. The maximum absolute atomic E-state index is 9.56. The molecule has 0 atom stereocenters. The molecule has 0 heterocycles. The molecule has 0 saturated heterocycles. The first-order valence-corrected chi connectivity index (χ1v) is 8.10. The SMILES string of the molecule is COc1cc(/C=C/CCC/C=C/c2ccc(O)c(C)c2)ccc1O. The van der Waals surface area contributed by atoms with E-state index >= 15 is 0 Å². The smallest absolute Gasteiger partial charge is 0.161 e. The Morgan fingerprint density at radius 1 is 0.875 bits per heavy atom. The summed E-state index contributed by atoms with van der Waals surface area (Å²) in [6.07, 6.45) is 11.5. The number of hydrogen-bond donors (Lipinski definition) is 2. The van der Waals surface area contributed by atoms with Crippen LogP contribution in [0.4, 0.5) is 0 Å². The van der Waals surface area contributed by atoms with Crippen molar-refractivity contribution in [3.8, 4) is 17.2 Å². The highest BCUT2D eigenvalue weighted by atomic mass is 16.5. The molecule has 2 aromatic rings. The molecule has 0 aliphatic rings. The van der Waals surface area contributed by atoms with E-state index in [-0.39, 0.29) is 5.75 Å². The Balaban J connectivity index is 1.76. The van der Waals surface area contributed by atoms with Gasteiger partial charge in [0.05, 0.1) is 7.11 Å². The van der Waals surface area contributed by atoms with Crippen LogP contribution in [0, 0.1) is 6.92 Å². The molecular formula is C21H24O3. The number of hydrogen-bond acceptors (Lipinski definition) is 3. The van der Waals surface area contributed by atoms with Crippen molar-refractivity contribution in [2.45, 2.75) is 26.2 Å². The second-order valence-electron chi connectivity index (χ2n) is 5.71. The van der Waals surface area contributed by atoms with Crippen molar-refractivity contribution in [1.82, 2.24) is 0 Å². The Morgan fingerprint density at radius 3 is 2.04 bits per heavy atom. The zero-order chi connectivity index (χ0) is 17.4. The molecule has 0 bridgehead atoms. The van der Waals surface area contributed by atoms with E-state index < -0.39 is 0 Å². The average molecular weight is 324 g/mol. The highest BCUT2D eigenvalue weighted by Crippen LogP contribution is 2.26. The molecule has 0 saturated carbocycles. The maximum Gasteiger partial charge on any atom is 0.161 e. The minimum absolute atomic E-state index is 0.157. The van der Waals surface area contributed by atoms with Crippen LogP contribution in [0.5, 0.6) is 17.2 Å². The number of benzene rings is 2. The molecule has 2 aromatic carbocycles. The van der Waals surface area contributed by atoms with Crippen LogP contribution in [0.1, 0.15) is 36.0 Å². The van der Waals surface area contributed by atoms with Crippen LogP contribution in [0.25, 0.3) is 12.2 Å². The number of unbranched alkanes of at least 4 members (excludes halogenated alkanes) is 2. The van der Waals surface area contributed by atoms with Crippen molar-refractivity contribution in [2.24, 2.45) is 0 Å². The number of phenolic OH excluding ortho intramolecular Hbond substituents is 2. The minimum atomic E-state index is 0.157. The van der Waals surface area contributed by atoms with Crippen molar-refractivity contribution >= 4 is 12.2 Å². The first-order chi connectivity index (χ1) is 11.6. The topological polar surface area (TPSA) is 49.7 Å². The molecule has 126 valence electrons. The fourth-order valence-electron chi connectivity index (χ4n) is 2.37. The van der Waals surface area contributed by atoms with Gasteiger partial charge in [-0.2, -0.15) is 0 Å². The summed E-state index contributed by atoms with van der Waals surface area (Å²) in [5, 5.41) is 19.1. The molecule has 3 heteroatoms. The molecule has 0 aromatic heterocycles. The number of aryl methyl sites for hydroxylation is 1. The van der Waals surface area contributed by atoms with Crippen LogP contribution >= 0.6 is 0 Å². The van der Waals surface area contributed by atoms with Crippen molar-refractivity contribution < 1.29 is 14.9 Å². The van der Waals surface area contributed by atoms with Crippen molar-refractivity contribution in [1.29, 1.82) is 0 Å². The quantitative estimate of drug-likeness (QED) is 0.678. The van der Waals surface area contributed by atoms with Gasteiger partial charge in [-0.15, -0.1) is 0 Å². The third-order valence-corrected chi connectivity index (χ3v) is 3.79. The molecule has 0 amide bonds. The first kappa shape index (κ1) is 17.7. The molecule has 0 unspecified atom stereocenters. The summed E-state index contributed by atoms with van der Waals surface area (Å²) in [6, 6.07) is 10.9. The number of phenols is 2. The van der Waals surface area contributed by atoms with E-state index in [0.717, 1.165) is 36.0 Å². The maximum atomic E-state index is 9.56. The Labute approximate surface area is 143 Å². The van der Waals surface area contributed by atoms with Gasteiger partial charge >= 0.3 is 0 Å². The lowest BCUT2D eigenvalue weighted by Crippen LogP contribution is -1.84. The summed E-state index contributed by atoms with van der Waals surface area (Å²) in [7, 11) is 1.55. The number of rotatable bonds is 7. The average Bonchev–Trinajstić information content (AvgIpc) is 2.58. The molecule has 0 aliphatic heterocycles. The van der Waals surface area contributed by atoms with Crippen LogP contribution in [-0.4, -0.2) is 17.3 Å². The van der Waals surface area contributed by atoms with Crippen LogP contribution in [0.15, 0.2) is 48.6 Å². The van der Waals surface area contributed by atoms with Gasteiger partial charge in [0.25, 0.3) is 0 Å². The van der Waals surface area contributed by atoms with Gasteiger partial charge in [0.15, 0.2) is 11.5 Å². The fourth-order valence-corrected chi connectivity index (χ4v) is 2.37. The Bertz CT molecular complexity index is 730. The van der Waals surface area contributed by atoms with Crippen molar-refractivity contribution in [3.05, 3.63) is 65.2 Å². The van der Waals surface area contributed by atoms with Gasteiger partial charge in [0, 0.05) is 0 Å². The van der Waals surface area contributed by atoms with E-state index in [2.05, 4.69) is 18.2 Å². The van der Waals surface area contributed by atoms with Crippen LogP contribution in [-0.2, 0) is 0 Å². The summed E-state index contributed by atoms with van der Waals surface area (Å²) in [4.78, 5) is 0. The van der Waals surface area contributed by atoms with Gasteiger partial charge in [-0.25, -0.2) is 0 Å². The lowest BCUT2D eigenvalue weighted by molar-refractivity contribution is 0.373. The molecular weight excluding hydrogens is 300 g/mol. The van der Waals surface area contributed by atoms with Gasteiger partial charge in [0.1, 0.15) is 5.75 Å². The number of aromatic hydroxyl groups is 2. The molecule has 0 radical (unpaired) electrons. The summed E-state index contributed by atoms with van der Waals surface area (Å²) >= 11 is 0. The van der Waals surface area contributed by atoms with Gasteiger partial charge in [0.2, 0.25) is 0 Å². The molecule has 0 fully saturated rings. The van der Waals surface area contributed by atoms with E-state index in [4.69, 9.17) is 4.74 Å². The van der Waals surface area contributed by atoms with E-state index in [1.54, 1.807) is 19.2 Å². The molecule has 0 spiro atoms. The van der Waals surface area contributed by atoms with Gasteiger partial charge in [-0.1, -0.05) is 36.4 Å². The highest BCUT2D eigenvalue weighted by molar-refractivity contribution is 5.55. The Kier molecular flexibility index (Phi) is 6.50. The van der Waals surface area contributed by atoms with Crippen molar-refractivity contribution in [2.75, 3.05) is 7.11 Å². The van der Waals surface area contributed by atoms with Crippen LogP contribution in [0.2, 0.25) is 0 Å². The summed E-state index contributed by atoms with van der Waals surface area (Å²) < 4.78 is 5.09. The Hall–Kier alpha value is -2.68. The number of ether oxygens (including phenoxy) is 1. The molecule has 3 nitrogen and oxygen atoms in total. The fraction of sp³-hybridized carbons (Fsp3) is 0.238. The van der Waals surface area contributed by atoms with Crippen molar-refractivity contribution in [3.63, 3.8) is 0 Å². The minimum Gasteiger partial charge on any atom is -0.508 e. The molecule has 2 N–H and O–H groups in total. The van der Waals surface area contributed by atoms with E-state index in [1.807, 2.05) is 37.3 Å². The van der Waals surface area contributed by atoms with Gasteiger partial charge < -0.3 is 14.9 Å². The zero-order valence-electron chi connectivity index (χ0n) is 14.2. The van der Waals surface area contributed by atoms with Crippen LogP contribution < -0.4 is 4.74 Å². The van der Waals surface area contributed by atoms with E-state index in [1.165, 1.54) is 0 Å². The van der Waals surface area contributed by atoms with Crippen LogP contribution in [0.3, 0.4) is 0 Å². The number of allylic oxidation sites excluding steroid dienone is 2. The third-order valence-electron chi connectivity index (χ3n) is 3.79. The normalized spacial score (nSPS) is 11.4. The first-order valence-electron chi connectivity index (χ1n) is 8.10. The Morgan fingerprint density at radius 2 is 1.46 bits per heavy atom. The predicted octanol–water partition coefficient (Wildman–Crippen LogP) is 5.31. The lowest BCUT2D eigenvalue weighted by atomic mass is 10.1. The second-order valence-corrected chi connectivity index (χ2v) is 5.71. The summed E-state index contributed by atoms with van der Waals surface area (Å²) in [5.74, 6) is 0.983. The molecule has 0 aliphatic carbocycles. The lowest BCUT2D eigenvalue weighted by Gasteiger charge is -2.03. The monoisotopic (exact) mass is 324 g/mol. The zero-order valence-corrected chi connectivity index (χ0v) is 14.2. The standard InChI is InChI=1S/C21H24O3/c1-16-14-17(10-12-19(16)22)8-6-4-3-5-7-9-18-11-13-20(23)21(15-18)24-2/h6-15,22-23H,3-5H2,1-2H3/b8-6+,9-7+. The van der Waals surface area contributed by atoms with Gasteiger partial charge in [-0.05, 0) is 67.1 Å². The predicted molar refractivity (Wildman–Crippen MR) is 99.4 cm³/mol. The van der Waals surface area contributed by atoms with E-state index in [0.29, 0.717) is 11.5 Å². The van der Waals surface area contributed by atoms with Gasteiger partial charge in [-0.3, -0.25) is 0 Å². The molecule has 24 heavy (non-hydrogen) atoms. The number of methoxy groups -OCH3 is 1. The third kappa shape index (κ3) is 5.20.